The van der Waals surface area contributed by atoms with Gasteiger partial charge in [0.2, 0.25) is 0 Å². The minimum Gasteiger partial charge on any atom is -0.458 e. The maximum atomic E-state index is 15.1. The second-order valence-electron chi connectivity index (χ2n) is 17.9. The molecule has 308 valence electrons. The highest BCUT2D eigenvalue weighted by molar-refractivity contribution is 8.00. The number of thiazole rings is 1. The lowest BCUT2D eigenvalue weighted by Crippen LogP contribution is -2.53. The smallest absolute Gasteiger partial charge is 0.309 e. The maximum Gasteiger partial charge on any atom is 0.309 e. The monoisotopic (exact) mass is 820 g/mol. The van der Waals surface area contributed by atoms with Gasteiger partial charge in [-0.3, -0.25) is 14.5 Å². The number of hydrogen-bond acceptors (Lipinski definition) is 9. The first-order chi connectivity index (χ1) is 25.5. The molecule has 7 nitrogen and oxygen atoms in total. The van der Waals surface area contributed by atoms with E-state index in [1.54, 1.807) is 23.1 Å². The molecule has 1 aliphatic carbocycles. The number of thioether (sulfide) groups is 1. The van der Waals surface area contributed by atoms with Crippen molar-refractivity contribution in [3.8, 4) is 0 Å². The highest BCUT2D eigenvalue weighted by Gasteiger charge is 2.60. The molecule has 1 saturated carbocycles. The molecule has 3 heterocycles. The molecule has 4 rings (SSSR count). The third-order valence-electron chi connectivity index (χ3n) is 14.4. The fraction of sp³-hybridized carbons (Fsp3) is 0.837. The Bertz CT molecular complexity index is 1410. The summed E-state index contributed by atoms with van der Waals surface area (Å²) in [4.78, 5) is 37.1. The Hall–Kier alpha value is -0.826. The van der Waals surface area contributed by atoms with Gasteiger partial charge in [0.25, 0.3) is 0 Å². The third kappa shape index (κ3) is 10.6. The van der Waals surface area contributed by atoms with E-state index in [9.17, 15) is 4.79 Å². The van der Waals surface area contributed by atoms with E-state index < -0.39 is 28.2 Å². The molecule has 0 spiro atoms. The zero-order chi connectivity index (χ0) is 40.1. The lowest BCUT2D eigenvalue weighted by molar-refractivity contribution is -0.153. The number of fused-ring (bicyclic) bond motifs is 1. The number of aromatic nitrogens is 1. The average molecular weight is 821 g/mol. The fourth-order valence-electron chi connectivity index (χ4n) is 9.42. The number of Topliss-reactive ketones (excluding diaryl/α,β-unsaturated/α-hetero) is 1. The number of nitrogens with zero attached hydrogens (tertiary/aromatic N) is 2. The van der Waals surface area contributed by atoms with Crippen LogP contribution in [0.5, 0.6) is 0 Å². The molecule has 2 saturated heterocycles. The molecule has 1 aromatic rings. The topological polar surface area (TPSA) is 77.7 Å². The van der Waals surface area contributed by atoms with Crippen molar-refractivity contribution in [2.75, 3.05) is 12.8 Å². The lowest BCUT2D eigenvalue weighted by atomic mass is 9.73. The van der Waals surface area contributed by atoms with Crippen LogP contribution >= 0.6 is 23.1 Å². The maximum absolute atomic E-state index is 15.1. The molecule has 0 bridgehead atoms. The van der Waals surface area contributed by atoms with Crippen molar-refractivity contribution in [1.82, 2.24) is 9.88 Å². The van der Waals surface area contributed by atoms with Crippen molar-refractivity contribution in [1.29, 1.82) is 0 Å². The van der Waals surface area contributed by atoms with E-state index in [2.05, 4.69) is 85.6 Å². The quantitative estimate of drug-likeness (QED) is 0.0749. The normalized spacial score (nSPS) is 31.9. The summed E-state index contributed by atoms with van der Waals surface area (Å²) in [5.74, 6) is 0.566. The Morgan fingerprint density at radius 3 is 2.11 bits per heavy atom. The molecule has 11 heteroatoms. The summed E-state index contributed by atoms with van der Waals surface area (Å²) in [6.07, 6.45) is 9.69. The van der Waals surface area contributed by atoms with Gasteiger partial charge >= 0.3 is 5.97 Å². The van der Waals surface area contributed by atoms with Gasteiger partial charge in [-0.15, -0.1) is 11.3 Å². The molecular weight excluding hydrogens is 745 g/mol. The first kappa shape index (κ1) is 45.9. The molecule has 0 amide bonds. The van der Waals surface area contributed by atoms with E-state index in [4.69, 9.17) is 18.6 Å². The predicted octanol–water partition coefficient (Wildman–Crippen LogP) is 11.6. The summed E-state index contributed by atoms with van der Waals surface area (Å²) in [5, 5.41) is 2.09. The van der Waals surface area contributed by atoms with Gasteiger partial charge in [-0.05, 0) is 106 Å². The molecule has 54 heavy (non-hydrogen) atoms. The molecule has 8 atom stereocenters. The number of ketones is 1. The van der Waals surface area contributed by atoms with E-state index >= 15 is 4.79 Å². The Labute approximate surface area is 340 Å². The van der Waals surface area contributed by atoms with Gasteiger partial charge in [0.05, 0.1) is 24.3 Å². The van der Waals surface area contributed by atoms with Gasteiger partial charge in [-0.1, -0.05) is 87.4 Å². The summed E-state index contributed by atoms with van der Waals surface area (Å²) >= 11 is 3.30. The number of cyclic esters (lactones) is 1. The predicted molar refractivity (Wildman–Crippen MR) is 233 cm³/mol. The van der Waals surface area contributed by atoms with Gasteiger partial charge in [0, 0.05) is 41.3 Å². The number of ether oxygens (including phenoxy) is 1. The van der Waals surface area contributed by atoms with E-state index in [0.717, 1.165) is 90.0 Å². The van der Waals surface area contributed by atoms with Gasteiger partial charge < -0.3 is 13.6 Å². The number of hydrogen-bond donors (Lipinski definition) is 0. The zero-order valence-electron chi connectivity index (χ0n) is 36.3. The summed E-state index contributed by atoms with van der Waals surface area (Å²) in [6, 6.07) is 6.33. The SMILES string of the molecule is CC[Si](CC)(CC)OC1[C@@H](C)CCC[C@]2(C)[C@H](C[C@@H](/C(C)=C/c3csc(SC)n3)OC(=O)C[C@H](O[Si](CC)(CC)CC)C(C)(C)C(=O)[C@@H]1C)N2CC1CC1. The van der Waals surface area contributed by atoms with E-state index in [1.165, 1.54) is 12.8 Å². The second-order valence-corrected chi connectivity index (χ2v) is 29.3. The molecule has 0 N–H and O–H groups in total. The fourth-order valence-corrected chi connectivity index (χ4v) is 16.6. The van der Waals surface area contributed by atoms with Crippen molar-refractivity contribution < 1.29 is 23.2 Å². The van der Waals surface area contributed by atoms with Crippen LogP contribution in [0.3, 0.4) is 0 Å². The van der Waals surface area contributed by atoms with Crippen LogP contribution in [0, 0.1) is 23.2 Å². The van der Waals surface area contributed by atoms with Crippen LogP contribution in [0.2, 0.25) is 36.3 Å². The van der Waals surface area contributed by atoms with E-state index in [-0.39, 0.29) is 47.8 Å². The van der Waals surface area contributed by atoms with Crippen molar-refractivity contribution in [3.05, 3.63) is 16.6 Å². The number of esters is 1. The minimum absolute atomic E-state index is 0.0592. The second kappa shape index (κ2) is 19.3. The molecule has 2 aliphatic heterocycles. The minimum atomic E-state index is -2.22. The van der Waals surface area contributed by atoms with E-state index in [0.29, 0.717) is 6.04 Å². The molecule has 3 aliphatic rings. The van der Waals surface area contributed by atoms with Crippen LogP contribution < -0.4 is 0 Å². The van der Waals surface area contributed by atoms with Crippen LogP contribution in [0.25, 0.3) is 6.08 Å². The van der Waals surface area contributed by atoms with Gasteiger partial charge in [-0.25, -0.2) is 4.98 Å². The molecule has 1 aromatic heterocycles. The van der Waals surface area contributed by atoms with Crippen LogP contribution in [-0.2, 0) is 23.2 Å². The van der Waals surface area contributed by atoms with Crippen molar-refractivity contribution >= 4 is 57.6 Å². The number of carbonyl (C=O) groups is 2. The largest absolute Gasteiger partial charge is 0.458 e. The van der Waals surface area contributed by atoms with Gasteiger partial charge in [0.15, 0.2) is 16.6 Å². The van der Waals surface area contributed by atoms with Crippen LogP contribution in [0.4, 0.5) is 0 Å². The molecule has 0 aromatic carbocycles. The Morgan fingerprint density at radius 1 is 0.981 bits per heavy atom. The van der Waals surface area contributed by atoms with Crippen LogP contribution in [-0.4, -0.2) is 81.0 Å². The third-order valence-corrected chi connectivity index (χ3v) is 25.5. The first-order valence-electron chi connectivity index (χ1n) is 21.5. The Morgan fingerprint density at radius 2 is 1.57 bits per heavy atom. The zero-order valence-corrected chi connectivity index (χ0v) is 40.0. The average Bonchev–Trinajstić information content (AvgIpc) is 4.02. The molecular formula is C43H76N2O5S2Si2. The van der Waals surface area contributed by atoms with Crippen molar-refractivity contribution in [3.63, 3.8) is 0 Å². The highest BCUT2D eigenvalue weighted by atomic mass is 32.2. The van der Waals surface area contributed by atoms with Crippen molar-refractivity contribution in [2.24, 2.45) is 23.2 Å². The van der Waals surface area contributed by atoms with Gasteiger partial charge in [0.1, 0.15) is 16.2 Å². The molecule has 3 fully saturated rings. The molecule has 2 unspecified atom stereocenters. The summed E-state index contributed by atoms with van der Waals surface area (Å²) in [6.45, 7) is 27.6. The van der Waals surface area contributed by atoms with Crippen molar-refractivity contribution in [2.45, 2.75) is 199 Å². The summed E-state index contributed by atoms with van der Waals surface area (Å²) in [7, 11) is -4.25. The summed E-state index contributed by atoms with van der Waals surface area (Å²) < 4.78 is 22.2. The Balaban J connectivity index is 1.78. The standard InChI is InChI=1S/C43H76N2O5S2Si2/c1-14-53(15-2,16-3)49-37-27-38(46)48-35(31(8)25-34-29-52-41(44-34)51-13)26-36-43(12,45(36)28-33-22-23-33)24-20-21-30(7)39(32(9)40(47)42(37,10)11)50-54(17-4,18-5)19-6/h25,29-30,32-33,35-37,39H,14-24,26-28H2,1-13H3/b31-25+/t30-,32+,35-,36-,37-,39?,43+,45?/m0/s1. The lowest BCUT2D eigenvalue weighted by Gasteiger charge is -2.44. The Kier molecular flexibility index (Phi) is 16.4. The number of rotatable bonds is 15. The first-order valence-corrected chi connectivity index (χ1v) is 28.7. The number of carbonyl (C=O) groups excluding carboxylic acids is 2. The summed E-state index contributed by atoms with van der Waals surface area (Å²) in [5.41, 5.74) is 1.09. The molecule has 0 radical (unpaired) electrons. The van der Waals surface area contributed by atoms with Crippen LogP contribution in [0.1, 0.15) is 134 Å². The van der Waals surface area contributed by atoms with Gasteiger partial charge in [-0.2, -0.15) is 0 Å². The van der Waals surface area contributed by atoms with Crippen LogP contribution in [0.15, 0.2) is 15.3 Å². The van der Waals surface area contributed by atoms with E-state index in [1.807, 2.05) is 20.1 Å². The highest BCUT2D eigenvalue weighted by Crippen LogP contribution is 2.51.